The van der Waals surface area contributed by atoms with Crippen LogP contribution in [0.2, 0.25) is 0 Å². The summed E-state index contributed by atoms with van der Waals surface area (Å²) >= 11 is 0. The van der Waals surface area contributed by atoms with Crippen LogP contribution in [-0.2, 0) is 14.8 Å². The molecule has 0 saturated heterocycles. The number of hydrogen-bond acceptors (Lipinski definition) is 4. The fourth-order valence-electron chi connectivity index (χ4n) is 1.44. The van der Waals surface area contributed by atoms with E-state index < -0.39 is 20.7 Å². The molecule has 0 fully saturated rings. The molecule has 0 bridgehead atoms. The molecule has 1 aromatic rings. The Bertz CT molecular complexity index is 506. The Hall–Kier alpha value is -1.18. The van der Waals surface area contributed by atoms with Crippen LogP contribution in [0.3, 0.4) is 0 Å². The smallest absolute Gasteiger partial charge is 0.243 e. The van der Waals surface area contributed by atoms with Crippen molar-refractivity contribution in [2.75, 3.05) is 25.5 Å². The highest BCUT2D eigenvalue weighted by atomic mass is 32.2. The Labute approximate surface area is 113 Å². The van der Waals surface area contributed by atoms with Crippen LogP contribution in [0.4, 0.5) is 10.1 Å². The molecule has 5 nitrogen and oxygen atoms in total. The average molecular weight is 290 g/mol. The molecular formula is C12H19FN2O3S. The summed E-state index contributed by atoms with van der Waals surface area (Å²) in [6.07, 6.45) is 1.46. The minimum Gasteiger partial charge on any atom is -0.399 e. The van der Waals surface area contributed by atoms with Crippen molar-refractivity contribution in [3.05, 3.63) is 24.0 Å². The number of halogens is 1. The van der Waals surface area contributed by atoms with E-state index in [0.29, 0.717) is 19.6 Å². The highest BCUT2D eigenvalue weighted by Crippen LogP contribution is 2.16. The number of hydrogen-bond donors (Lipinski definition) is 2. The molecule has 0 spiro atoms. The molecule has 0 unspecified atom stereocenters. The first-order valence-electron chi connectivity index (χ1n) is 6.10. The zero-order valence-corrected chi connectivity index (χ0v) is 11.7. The second-order valence-electron chi connectivity index (χ2n) is 4.05. The zero-order chi connectivity index (χ0) is 14.3. The fraction of sp³-hybridized carbons (Fsp3) is 0.500. The third kappa shape index (κ3) is 5.14. The summed E-state index contributed by atoms with van der Waals surface area (Å²) in [5, 5.41) is 0. The van der Waals surface area contributed by atoms with Crippen LogP contribution < -0.4 is 10.5 Å². The van der Waals surface area contributed by atoms with Crippen LogP contribution in [0.15, 0.2) is 23.1 Å². The quantitative estimate of drug-likeness (QED) is 0.561. The number of rotatable bonds is 8. The van der Waals surface area contributed by atoms with Gasteiger partial charge in [0.1, 0.15) is 10.7 Å². The Morgan fingerprint density at radius 1 is 1.37 bits per heavy atom. The van der Waals surface area contributed by atoms with E-state index in [1.54, 1.807) is 0 Å². The van der Waals surface area contributed by atoms with Crippen LogP contribution in [0.25, 0.3) is 0 Å². The normalized spacial score (nSPS) is 11.7. The number of benzene rings is 1. The summed E-state index contributed by atoms with van der Waals surface area (Å²) in [5.74, 6) is -0.852. The summed E-state index contributed by atoms with van der Waals surface area (Å²) in [5.41, 5.74) is 5.55. The Morgan fingerprint density at radius 3 is 2.74 bits per heavy atom. The molecule has 0 aliphatic rings. The molecular weight excluding hydrogens is 271 g/mol. The van der Waals surface area contributed by atoms with Gasteiger partial charge in [0.05, 0.1) is 0 Å². The van der Waals surface area contributed by atoms with Crippen molar-refractivity contribution in [3.63, 3.8) is 0 Å². The van der Waals surface area contributed by atoms with E-state index in [-0.39, 0.29) is 12.2 Å². The maximum absolute atomic E-state index is 13.5. The summed E-state index contributed by atoms with van der Waals surface area (Å²) in [6.45, 7) is 3.32. The predicted molar refractivity (Wildman–Crippen MR) is 71.7 cm³/mol. The van der Waals surface area contributed by atoms with Crippen LogP contribution in [0.1, 0.15) is 19.8 Å². The molecule has 7 heteroatoms. The molecule has 108 valence electrons. The van der Waals surface area contributed by atoms with E-state index in [4.69, 9.17) is 10.5 Å². The Kier molecular flexibility index (Phi) is 6.20. The predicted octanol–water partition coefficient (Wildman–Crippen LogP) is 1.50. The van der Waals surface area contributed by atoms with Crippen molar-refractivity contribution in [1.29, 1.82) is 0 Å². The standard InChI is InChI=1S/C12H19FN2O3S/c1-2-7-18-8-3-6-15-19(16,17)12-5-4-10(14)9-11(12)13/h4-5,9,15H,2-3,6-8,14H2,1H3. The van der Waals surface area contributed by atoms with Gasteiger partial charge in [0.2, 0.25) is 10.0 Å². The maximum Gasteiger partial charge on any atom is 0.243 e. The second-order valence-corrected chi connectivity index (χ2v) is 5.79. The first-order valence-corrected chi connectivity index (χ1v) is 7.58. The molecule has 0 aromatic heterocycles. The second kappa shape index (κ2) is 7.42. The van der Waals surface area contributed by atoms with Gasteiger partial charge in [-0.1, -0.05) is 6.92 Å². The lowest BCUT2D eigenvalue weighted by atomic mass is 10.3. The summed E-state index contributed by atoms with van der Waals surface area (Å²) in [6, 6.07) is 3.49. The molecule has 0 heterocycles. The third-order valence-electron chi connectivity index (χ3n) is 2.35. The van der Waals surface area contributed by atoms with E-state index in [1.807, 2.05) is 6.92 Å². The van der Waals surface area contributed by atoms with Gasteiger partial charge in [-0.25, -0.2) is 17.5 Å². The first kappa shape index (κ1) is 15.9. The minimum absolute atomic E-state index is 0.185. The van der Waals surface area contributed by atoms with E-state index in [1.165, 1.54) is 6.07 Å². The highest BCUT2D eigenvalue weighted by Gasteiger charge is 2.18. The zero-order valence-electron chi connectivity index (χ0n) is 10.9. The number of nitrogens with two attached hydrogens (primary N) is 1. The van der Waals surface area contributed by atoms with Gasteiger partial charge in [0.25, 0.3) is 0 Å². The van der Waals surface area contributed by atoms with Crippen LogP contribution in [0, 0.1) is 5.82 Å². The fourth-order valence-corrected chi connectivity index (χ4v) is 2.57. The lowest BCUT2D eigenvalue weighted by molar-refractivity contribution is 0.133. The number of ether oxygens (including phenoxy) is 1. The monoisotopic (exact) mass is 290 g/mol. The highest BCUT2D eigenvalue weighted by molar-refractivity contribution is 7.89. The number of nitrogens with one attached hydrogen (secondary N) is 1. The van der Waals surface area contributed by atoms with E-state index in [2.05, 4.69) is 4.72 Å². The van der Waals surface area contributed by atoms with Crippen molar-refractivity contribution in [2.45, 2.75) is 24.7 Å². The van der Waals surface area contributed by atoms with Crippen molar-refractivity contribution in [3.8, 4) is 0 Å². The van der Waals surface area contributed by atoms with Gasteiger partial charge >= 0.3 is 0 Å². The maximum atomic E-state index is 13.5. The molecule has 1 rings (SSSR count). The number of anilines is 1. The average Bonchev–Trinajstić information content (AvgIpc) is 2.33. The van der Waals surface area contributed by atoms with Gasteiger partial charge in [0, 0.05) is 25.4 Å². The summed E-state index contributed by atoms with van der Waals surface area (Å²) in [4.78, 5) is -0.392. The summed E-state index contributed by atoms with van der Waals surface area (Å²) < 4.78 is 44.7. The lowest BCUT2D eigenvalue weighted by Crippen LogP contribution is -2.26. The van der Waals surface area contributed by atoms with Gasteiger partial charge in [-0.15, -0.1) is 0 Å². The molecule has 0 atom stereocenters. The van der Waals surface area contributed by atoms with Crippen molar-refractivity contribution >= 4 is 15.7 Å². The molecule has 0 aliphatic heterocycles. The largest absolute Gasteiger partial charge is 0.399 e. The molecule has 19 heavy (non-hydrogen) atoms. The van der Waals surface area contributed by atoms with Gasteiger partial charge in [0.15, 0.2) is 0 Å². The van der Waals surface area contributed by atoms with Crippen LogP contribution >= 0.6 is 0 Å². The first-order chi connectivity index (χ1) is 8.97. The molecule has 0 saturated carbocycles. The van der Waals surface area contributed by atoms with Crippen molar-refractivity contribution in [2.24, 2.45) is 0 Å². The van der Waals surface area contributed by atoms with Gasteiger partial charge < -0.3 is 10.5 Å². The van der Waals surface area contributed by atoms with E-state index in [0.717, 1.165) is 18.6 Å². The van der Waals surface area contributed by atoms with Crippen molar-refractivity contribution in [1.82, 2.24) is 4.72 Å². The van der Waals surface area contributed by atoms with Gasteiger partial charge in [-0.2, -0.15) is 0 Å². The minimum atomic E-state index is -3.84. The molecule has 0 radical (unpaired) electrons. The van der Waals surface area contributed by atoms with Crippen molar-refractivity contribution < 1.29 is 17.5 Å². The Morgan fingerprint density at radius 2 is 2.11 bits per heavy atom. The topological polar surface area (TPSA) is 81.4 Å². The molecule has 1 aromatic carbocycles. The van der Waals surface area contributed by atoms with E-state index in [9.17, 15) is 12.8 Å². The lowest BCUT2D eigenvalue weighted by Gasteiger charge is -2.08. The van der Waals surface area contributed by atoms with Gasteiger partial charge in [-0.3, -0.25) is 0 Å². The molecule has 0 aliphatic carbocycles. The van der Waals surface area contributed by atoms with Crippen LogP contribution in [-0.4, -0.2) is 28.2 Å². The SMILES string of the molecule is CCCOCCCNS(=O)(=O)c1ccc(N)cc1F. The van der Waals surface area contributed by atoms with E-state index >= 15 is 0 Å². The van der Waals surface area contributed by atoms with Gasteiger partial charge in [-0.05, 0) is 31.0 Å². The summed E-state index contributed by atoms with van der Waals surface area (Å²) in [7, 11) is -3.84. The van der Waals surface area contributed by atoms with Crippen LogP contribution in [0.5, 0.6) is 0 Å². The third-order valence-corrected chi connectivity index (χ3v) is 3.85. The molecule has 3 N–H and O–H groups in total. The number of nitrogen functional groups attached to an aromatic ring is 1. The Balaban J connectivity index is 2.52. The molecule has 0 amide bonds. The number of sulfonamides is 1.